The third-order valence-electron chi connectivity index (χ3n) is 5.14. The second-order valence-corrected chi connectivity index (χ2v) is 7.51. The van der Waals surface area contributed by atoms with Crippen molar-refractivity contribution in [1.29, 1.82) is 0 Å². The fourth-order valence-corrected chi connectivity index (χ4v) is 3.64. The molecule has 0 saturated heterocycles. The summed E-state index contributed by atoms with van der Waals surface area (Å²) in [7, 11) is 0. The van der Waals surface area contributed by atoms with Crippen LogP contribution in [0, 0.1) is 0 Å². The van der Waals surface area contributed by atoms with Crippen LogP contribution in [0.1, 0.15) is 29.8 Å². The molecule has 8 heteroatoms. The normalized spacial score (nSPS) is 15.2. The minimum Gasteiger partial charge on any atom is -0.330 e. The molecule has 3 aromatic heterocycles. The van der Waals surface area contributed by atoms with E-state index in [1.54, 1.807) is 12.3 Å². The highest BCUT2D eigenvalue weighted by atomic mass is 16.2. The lowest BCUT2D eigenvalue weighted by Gasteiger charge is -2.44. The Morgan fingerprint density at radius 3 is 2.76 bits per heavy atom. The monoisotopic (exact) mass is 385 g/mol. The Morgan fingerprint density at radius 1 is 1.10 bits per heavy atom. The van der Waals surface area contributed by atoms with Crippen molar-refractivity contribution in [2.24, 2.45) is 0 Å². The van der Waals surface area contributed by atoms with E-state index in [-0.39, 0.29) is 5.91 Å². The highest BCUT2D eigenvalue weighted by Crippen LogP contribution is 2.34. The number of hydrogen-bond donors (Lipinski definition) is 2. The van der Waals surface area contributed by atoms with E-state index in [0.717, 1.165) is 16.6 Å². The summed E-state index contributed by atoms with van der Waals surface area (Å²) < 4.78 is 0. The van der Waals surface area contributed by atoms with Crippen LogP contribution in [0.25, 0.3) is 22.4 Å². The first kappa shape index (κ1) is 17.3. The van der Waals surface area contributed by atoms with Gasteiger partial charge in [-0.3, -0.25) is 9.89 Å². The Hall–Kier alpha value is -3.81. The first-order valence-electron chi connectivity index (χ1n) is 9.32. The van der Waals surface area contributed by atoms with Crippen LogP contribution >= 0.6 is 0 Å². The SMILES string of the molecule is CC1(C)NC(=O)c2ccc(-c3[nH]nc4ncncc34)nc2N1Cc1ccccc1. The molecule has 4 heterocycles. The van der Waals surface area contributed by atoms with Crippen LogP contribution in [-0.2, 0) is 6.54 Å². The van der Waals surface area contributed by atoms with Crippen LogP contribution in [0.3, 0.4) is 0 Å². The number of pyridine rings is 1. The number of carbonyl (C=O) groups excluding carboxylic acids is 1. The lowest BCUT2D eigenvalue weighted by atomic mass is 10.0. The highest BCUT2D eigenvalue weighted by molar-refractivity contribution is 6.02. The molecule has 0 unspecified atom stereocenters. The van der Waals surface area contributed by atoms with E-state index < -0.39 is 5.66 Å². The van der Waals surface area contributed by atoms with Gasteiger partial charge in [0.05, 0.1) is 22.3 Å². The number of nitrogens with one attached hydrogen (secondary N) is 2. The fourth-order valence-electron chi connectivity index (χ4n) is 3.64. The topological polar surface area (TPSA) is 99.7 Å². The molecular weight excluding hydrogens is 366 g/mol. The molecule has 0 fully saturated rings. The minimum absolute atomic E-state index is 0.133. The molecule has 144 valence electrons. The Labute approximate surface area is 167 Å². The van der Waals surface area contributed by atoms with Gasteiger partial charge in [-0.25, -0.2) is 15.0 Å². The molecule has 8 nitrogen and oxygen atoms in total. The number of carbonyl (C=O) groups is 1. The third kappa shape index (κ3) is 2.89. The van der Waals surface area contributed by atoms with E-state index in [2.05, 4.69) is 42.5 Å². The number of aromatic nitrogens is 5. The zero-order valence-corrected chi connectivity index (χ0v) is 16.0. The maximum absolute atomic E-state index is 12.7. The van der Waals surface area contributed by atoms with Crippen molar-refractivity contribution >= 4 is 22.8 Å². The molecule has 4 aromatic rings. The van der Waals surface area contributed by atoms with Crippen molar-refractivity contribution in [2.45, 2.75) is 26.1 Å². The molecule has 1 aliphatic rings. The molecule has 2 N–H and O–H groups in total. The number of benzene rings is 1. The van der Waals surface area contributed by atoms with Gasteiger partial charge >= 0.3 is 0 Å². The van der Waals surface area contributed by atoms with Crippen molar-refractivity contribution in [2.75, 3.05) is 4.90 Å². The van der Waals surface area contributed by atoms with Crippen molar-refractivity contribution in [3.05, 3.63) is 66.1 Å². The zero-order chi connectivity index (χ0) is 20.0. The molecule has 1 aromatic carbocycles. The van der Waals surface area contributed by atoms with Crippen molar-refractivity contribution in [3.8, 4) is 11.4 Å². The second-order valence-electron chi connectivity index (χ2n) is 7.51. The van der Waals surface area contributed by atoms with Crippen LogP contribution < -0.4 is 10.2 Å². The standard InChI is InChI=1S/C21H19N7O/c1-21(2)25-20(29)14-8-9-16(17-15-10-22-12-23-18(15)27-26-17)24-19(14)28(21)11-13-6-4-3-5-7-13/h3-10,12H,11H2,1-2H3,(H,25,29)(H,22,23,26,27). The maximum Gasteiger partial charge on any atom is 0.256 e. The van der Waals surface area contributed by atoms with E-state index in [1.807, 2.05) is 38.1 Å². The molecule has 5 rings (SSSR count). The van der Waals surface area contributed by atoms with Crippen LogP contribution in [0.15, 0.2) is 55.0 Å². The van der Waals surface area contributed by atoms with Gasteiger partial charge in [0.15, 0.2) is 5.65 Å². The molecule has 0 atom stereocenters. The number of rotatable bonds is 3. The molecule has 29 heavy (non-hydrogen) atoms. The van der Waals surface area contributed by atoms with Gasteiger partial charge in [0.25, 0.3) is 5.91 Å². The van der Waals surface area contributed by atoms with E-state index >= 15 is 0 Å². The van der Waals surface area contributed by atoms with E-state index in [1.165, 1.54) is 6.33 Å². The van der Waals surface area contributed by atoms with Gasteiger partial charge < -0.3 is 10.2 Å². The molecule has 0 radical (unpaired) electrons. The van der Waals surface area contributed by atoms with Crippen molar-refractivity contribution in [3.63, 3.8) is 0 Å². The predicted molar refractivity (Wildman–Crippen MR) is 109 cm³/mol. The number of fused-ring (bicyclic) bond motifs is 2. The zero-order valence-electron chi connectivity index (χ0n) is 16.0. The van der Waals surface area contributed by atoms with Crippen LogP contribution in [0.2, 0.25) is 0 Å². The molecule has 0 saturated carbocycles. The van der Waals surface area contributed by atoms with Gasteiger partial charge in [0.2, 0.25) is 0 Å². The van der Waals surface area contributed by atoms with E-state index in [4.69, 9.17) is 4.98 Å². The third-order valence-corrected chi connectivity index (χ3v) is 5.14. The van der Waals surface area contributed by atoms with Crippen molar-refractivity contribution in [1.82, 2.24) is 30.5 Å². The first-order valence-corrected chi connectivity index (χ1v) is 9.32. The van der Waals surface area contributed by atoms with Gasteiger partial charge in [0.1, 0.15) is 17.8 Å². The van der Waals surface area contributed by atoms with Gasteiger partial charge in [-0.05, 0) is 31.5 Å². The first-order chi connectivity index (χ1) is 14.0. The number of anilines is 1. The average Bonchev–Trinajstić information content (AvgIpc) is 3.15. The lowest BCUT2D eigenvalue weighted by molar-refractivity contribution is 0.0895. The highest BCUT2D eigenvalue weighted by Gasteiger charge is 2.38. The second kappa shape index (κ2) is 6.37. The number of nitrogens with zero attached hydrogens (tertiary/aromatic N) is 5. The smallest absolute Gasteiger partial charge is 0.256 e. The molecule has 0 aliphatic carbocycles. The Bertz CT molecular complexity index is 1220. The summed E-state index contributed by atoms with van der Waals surface area (Å²) in [5, 5.41) is 11.1. The van der Waals surface area contributed by atoms with E-state index in [0.29, 0.717) is 29.3 Å². The quantitative estimate of drug-likeness (QED) is 0.563. The van der Waals surface area contributed by atoms with Crippen LogP contribution in [0.4, 0.5) is 5.82 Å². The number of aromatic amines is 1. The largest absolute Gasteiger partial charge is 0.330 e. The summed E-state index contributed by atoms with van der Waals surface area (Å²) in [5.74, 6) is 0.505. The summed E-state index contributed by atoms with van der Waals surface area (Å²) in [5.41, 5.74) is 3.08. The summed E-state index contributed by atoms with van der Waals surface area (Å²) in [4.78, 5) is 27.9. The van der Waals surface area contributed by atoms with Crippen molar-refractivity contribution < 1.29 is 4.79 Å². The fraction of sp³-hybridized carbons (Fsp3) is 0.190. The number of H-pyrrole nitrogens is 1. The minimum atomic E-state index is -0.593. The molecule has 0 spiro atoms. The van der Waals surface area contributed by atoms with Gasteiger partial charge in [-0.2, -0.15) is 5.10 Å². The number of amides is 1. The van der Waals surface area contributed by atoms with Gasteiger partial charge in [-0.15, -0.1) is 0 Å². The van der Waals surface area contributed by atoms with Gasteiger partial charge in [-0.1, -0.05) is 30.3 Å². The Morgan fingerprint density at radius 2 is 1.93 bits per heavy atom. The molecule has 1 aliphatic heterocycles. The van der Waals surface area contributed by atoms with E-state index in [9.17, 15) is 4.79 Å². The Kier molecular flexibility index (Phi) is 3.80. The average molecular weight is 385 g/mol. The summed E-state index contributed by atoms with van der Waals surface area (Å²) in [6.07, 6.45) is 3.17. The molecule has 0 bridgehead atoms. The maximum atomic E-state index is 12.7. The number of hydrogen-bond acceptors (Lipinski definition) is 6. The molecule has 1 amide bonds. The summed E-state index contributed by atoms with van der Waals surface area (Å²) in [6, 6.07) is 13.8. The molecular formula is C21H19N7O. The van der Waals surface area contributed by atoms with Crippen LogP contribution in [0.5, 0.6) is 0 Å². The summed E-state index contributed by atoms with van der Waals surface area (Å²) >= 11 is 0. The van der Waals surface area contributed by atoms with Gasteiger partial charge in [0, 0.05) is 12.7 Å². The lowest BCUT2D eigenvalue weighted by Crippen LogP contribution is -2.60. The Balaban J connectivity index is 1.65. The predicted octanol–water partition coefficient (Wildman–Crippen LogP) is 2.90. The summed E-state index contributed by atoms with van der Waals surface area (Å²) in [6.45, 7) is 4.57. The van der Waals surface area contributed by atoms with Crippen LogP contribution in [-0.4, -0.2) is 36.7 Å².